The Balaban J connectivity index is 1.26. The van der Waals surface area contributed by atoms with Crippen molar-refractivity contribution in [2.24, 2.45) is 0 Å². The number of thiophene rings is 1. The third-order valence-electron chi connectivity index (χ3n) is 14.4. The Hall–Kier alpha value is -9.74. The van der Waals surface area contributed by atoms with Crippen molar-refractivity contribution < 1.29 is 0 Å². The van der Waals surface area contributed by atoms with Gasteiger partial charge in [-0.2, -0.15) is 0 Å². The summed E-state index contributed by atoms with van der Waals surface area (Å²) in [7, 11) is 0. The molecule has 13 rings (SSSR count). The number of hydrogen-bond donors (Lipinski definition) is 2. The Bertz CT molecular complexity index is 3920. The van der Waals surface area contributed by atoms with Crippen LogP contribution in [0, 0.1) is 0 Å². The Morgan fingerprint density at radius 1 is 0.276 bits per heavy atom. The van der Waals surface area contributed by atoms with Crippen molar-refractivity contribution in [3.63, 3.8) is 0 Å². The maximum Gasteiger partial charge on any atom is 0.0783 e. The van der Waals surface area contributed by atoms with E-state index in [1.807, 2.05) is 0 Å². The minimum absolute atomic E-state index is 0.964. The molecule has 0 bridgehead atoms. The van der Waals surface area contributed by atoms with Crippen LogP contribution < -0.4 is 15.5 Å². The van der Waals surface area contributed by atoms with Crippen molar-refractivity contribution >= 4 is 72.7 Å². The van der Waals surface area contributed by atoms with E-state index >= 15 is 0 Å². The molecule has 0 radical (unpaired) electrons. The third kappa shape index (κ3) is 8.77. The zero-order valence-corrected chi connectivity index (χ0v) is 42.5. The number of anilines is 7. The van der Waals surface area contributed by atoms with Crippen molar-refractivity contribution in [2.75, 3.05) is 15.5 Å². The van der Waals surface area contributed by atoms with Crippen molar-refractivity contribution in [3.8, 4) is 66.1 Å². The van der Waals surface area contributed by atoms with Gasteiger partial charge in [0.05, 0.1) is 28.4 Å². The van der Waals surface area contributed by atoms with Crippen LogP contribution in [0.15, 0.2) is 297 Å². The monoisotopic (exact) mass is 989 g/mol. The van der Waals surface area contributed by atoms with E-state index in [9.17, 15) is 0 Å². The number of rotatable bonds is 13. The highest BCUT2D eigenvalue weighted by Crippen LogP contribution is 2.58. The fourth-order valence-corrected chi connectivity index (χ4v) is 11.7. The van der Waals surface area contributed by atoms with Crippen LogP contribution in [0.5, 0.6) is 0 Å². The van der Waals surface area contributed by atoms with Gasteiger partial charge in [-0.05, 0) is 73.8 Å². The molecule has 360 valence electrons. The molecule has 0 saturated carbocycles. The Labute approximate surface area is 448 Å². The summed E-state index contributed by atoms with van der Waals surface area (Å²) in [4.78, 5) is 3.76. The minimum atomic E-state index is 0.964. The molecule has 0 spiro atoms. The Morgan fingerprint density at radius 2 is 0.645 bits per heavy atom. The van der Waals surface area contributed by atoms with Gasteiger partial charge in [0.2, 0.25) is 0 Å². The molecule has 1 aromatic heterocycles. The molecule has 0 aliphatic rings. The number of benzene rings is 12. The third-order valence-corrected chi connectivity index (χ3v) is 15.3. The predicted molar refractivity (Wildman–Crippen MR) is 326 cm³/mol. The highest BCUT2D eigenvalue weighted by atomic mass is 32.1. The molecule has 12 aromatic carbocycles. The van der Waals surface area contributed by atoms with Crippen LogP contribution in [0.4, 0.5) is 39.8 Å². The van der Waals surface area contributed by atoms with Crippen molar-refractivity contribution in [1.82, 2.24) is 0 Å². The summed E-state index contributed by atoms with van der Waals surface area (Å²) >= 11 is 1.77. The number of hydrogen-bond acceptors (Lipinski definition) is 4. The van der Waals surface area contributed by atoms with Crippen molar-refractivity contribution in [3.05, 3.63) is 297 Å². The van der Waals surface area contributed by atoms with E-state index < -0.39 is 0 Å². The largest absolute Gasteiger partial charge is 0.353 e. The average Bonchev–Trinajstić information content (AvgIpc) is 4.11. The number of nitrogens with one attached hydrogen (secondary N) is 2. The summed E-state index contributed by atoms with van der Waals surface area (Å²) in [6.07, 6.45) is 0. The van der Waals surface area contributed by atoms with E-state index in [0.717, 1.165) is 127 Å². The molecule has 0 saturated heterocycles. The van der Waals surface area contributed by atoms with Gasteiger partial charge in [-0.1, -0.05) is 267 Å². The van der Waals surface area contributed by atoms with Gasteiger partial charge in [-0.15, -0.1) is 11.3 Å². The van der Waals surface area contributed by atoms with E-state index in [1.54, 1.807) is 11.3 Å². The second-order valence-corrected chi connectivity index (χ2v) is 19.9. The summed E-state index contributed by atoms with van der Waals surface area (Å²) in [5.74, 6) is 0. The van der Waals surface area contributed by atoms with E-state index in [1.165, 1.54) is 0 Å². The Morgan fingerprint density at radius 3 is 1.08 bits per heavy atom. The van der Waals surface area contributed by atoms with Gasteiger partial charge in [-0.3, -0.25) is 0 Å². The van der Waals surface area contributed by atoms with Crippen LogP contribution in [0.3, 0.4) is 0 Å². The fraction of sp³-hybridized carbons (Fsp3) is 0. The second kappa shape index (κ2) is 20.6. The molecule has 0 fully saturated rings. The molecule has 76 heavy (non-hydrogen) atoms. The number of nitrogens with zero attached hydrogens (tertiary/aromatic N) is 1. The topological polar surface area (TPSA) is 27.3 Å². The first kappa shape index (κ1) is 46.1. The first-order valence-corrected chi connectivity index (χ1v) is 26.7. The van der Waals surface area contributed by atoms with Gasteiger partial charge in [0, 0.05) is 54.8 Å². The summed E-state index contributed by atoms with van der Waals surface area (Å²) in [6.45, 7) is 0. The van der Waals surface area contributed by atoms with Crippen LogP contribution in [-0.2, 0) is 0 Å². The van der Waals surface area contributed by atoms with Gasteiger partial charge >= 0.3 is 0 Å². The summed E-state index contributed by atoms with van der Waals surface area (Å²) in [5.41, 5.74) is 19.0. The predicted octanol–water partition coefficient (Wildman–Crippen LogP) is 21.0. The standard InChI is InChI=1S/C72H51N3S/c1-6-24-52(25-7-1)59-40-22-43-66(68(59)67-44-23-49-76-67)75(71-62(55-30-12-4-13-31-55)47-45-60(53-26-8-2-9-27-53)69(71)73-64-41-20-36-50-34-16-18-38-57(50)64)72-63(56-32-14-5-15-33-56)48-46-61(54-28-10-3-11-29-54)70(72)74-65-42-21-37-51-35-17-19-39-58(51)65/h1-49,73-74H. The maximum absolute atomic E-state index is 4.25. The lowest BCUT2D eigenvalue weighted by Gasteiger charge is -2.37. The normalized spacial score (nSPS) is 11.2. The molecule has 0 aliphatic carbocycles. The first-order valence-electron chi connectivity index (χ1n) is 25.8. The molecule has 0 aliphatic heterocycles. The SMILES string of the molecule is c1ccc(-c2ccc(-c3ccccc3)c(N(c3cccc(-c4ccccc4)c3-c3cccs3)c3c(-c4ccccc4)ccc(-c4ccccc4)c3Nc3cccc4ccccc34)c2Nc2cccc3ccccc23)cc1. The van der Waals surface area contributed by atoms with Crippen LogP contribution in [-0.4, -0.2) is 0 Å². The van der Waals surface area contributed by atoms with Crippen molar-refractivity contribution in [2.45, 2.75) is 0 Å². The van der Waals surface area contributed by atoms with Gasteiger partial charge in [0.15, 0.2) is 0 Å². The van der Waals surface area contributed by atoms with Crippen LogP contribution in [0.1, 0.15) is 0 Å². The van der Waals surface area contributed by atoms with E-state index in [4.69, 9.17) is 0 Å². The zero-order valence-electron chi connectivity index (χ0n) is 41.6. The van der Waals surface area contributed by atoms with E-state index in [-0.39, 0.29) is 0 Å². The lowest BCUT2D eigenvalue weighted by Crippen LogP contribution is -2.18. The molecule has 3 nitrogen and oxygen atoms in total. The Kier molecular flexibility index (Phi) is 12.5. The molecule has 1 heterocycles. The second-order valence-electron chi connectivity index (χ2n) is 18.9. The minimum Gasteiger partial charge on any atom is -0.353 e. The van der Waals surface area contributed by atoms with Crippen LogP contribution in [0.2, 0.25) is 0 Å². The zero-order chi connectivity index (χ0) is 50.6. The van der Waals surface area contributed by atoms with E-state index in [0.29, 0.717) is 0 Å². The van der Waals surface area contributed by atoms with Gasteiger partial charge < -0.3 is 15.5 Å². The molecule has 2 N–H and O–H groups in total. The maximum atomic E-state index is 4.25. The van der Waals surface area contributed by atoms with Crippen LogP contribution >= 0.6 is 11.3 Å². The highest BCUT2D eigenvalue weighted by Gasteiger charge is 2.33. The molecule has 4 heteroatoms. The van der Waals surface area contributed by atoms with Gasteiger partial charge in [-0.25, -0.2) is 0 Å². The molecule has 13 aromatic rings. The van der Waals surface area contributed by atoms with E-state index in [2.05, 4.69) is 312 Å². The molecule has 0 atom stereocenters. The molecule has 0 amide bonds. The first-order chi connectivity index (χ1) is 37.7. The number of fused-ring (bicyclic) bond motifs is 2. The quantitative estimate of drug-likeness (QED) is 0.121. The fourth-order valence-electron chi connectivity index (χ4n) is 10.9. The summed E-state index contributed by atoms with van der Waals surface area (Å²) < 4.78 is 0. The van der Waals surface area contributed by atoms with Crippen LogP contribution in [0.25, 0.3) is 87.6 Å². The summed E-state index contributed by atoms with van der Waals surface area (Å²) in [5, 5.41) is 15.3. The van der Waals surface area contributed by atoms with Gasteiger partial charge in [0.25, 0.3) is 0 Å². The molecular weight excluding hydrogens is 939 g/mol. The highest BCUT2D eigenvalue weighted by molar-refractivity contribution is 7.13. The molecule has 0 unspecified atom stereocenters. The lowest BCUT2D eigenvalue weighted by atomic mass is 9.89. The molecular formula is C72H51N3S. The van der Waals surface area contributed by atoms with Gasteiger partial charge in [0.1, 0.15) is 0 Å². The lowest BCUT2D eigenvalue weighted by molar-refractivity contribution is 1.28. The van der Waals surface area contributed by atoms with Crippen molar-refractivity contribution in [1.29, 1.82) is 0 Å². The smallest absolute Gasteiger partial charge is 0.0783 e. The average molecular weight is 990 g/mol. The summed E-state index contributed by atoms with van der Waals surface area (Å²) in [6, 6.07) is 105.